The van der Waals surface area contributed by atoms with Crippen molar-refractivity contribution in [3.05, 3.63) is 241 Å². The maximum absolute atomic E-state index is 2.82. The van der Waals surface area contributed by atoms with Crippen molar-refractivity contribution in [1.82, 2.24) is 0 Å². The zero-order chi connectivity index (χ0) is 67.3. The Morgan fingerprint density at radius 3 is 1.16 bits per heavy atom. The molecule has 0 saturated carbocycles. The average molecular weight is 1240 g/mol. The second kappa shape index (κ2) is 19.7. The second-order valence-corrected chi connectivity index (χ2v) is 37.0. The summed E-state index contributed by atoms with van der Waals surface area (Å²) in [6.45, 7) is 58.8. The molecule has 0 amide bonds. The van der Waals surface area contributed by atoms with Gasteiger partial charge in [0.15, 0.2) is 0 Å². The van der Waals surface area contributed by atoms with Crippen LogP contribution in [0, 0.1) is 19.3 Å². The van der Waals surface area contributed by atoms with Crippen molar-refractivity contribution in [3.63, 3.8) is 0 Å². The summed E-state index contributed by atoms with van der Waals surface area (Å²) in [5.74, 6) is 0. The quantitative estimate of drug-likeness (QED) is 0.159. The van der Waals surface area contributed by atoms with Gasteiger partial charge < -0.3 is 14.7 Å². The standard InChI is InChI=1S/C90H104BN3/c1-53-41-64-66(85(13,14)51-83(64,9)10)47-74(53)93-77-50-71-69(88(19,20)61-30-26-28-32-63(61)90(71,23)24)46-73(77)91-72-45-65-67(86(15,16)52-84(65,11)12)48-76(72)94(75-49-70-68(42-54(75)2)87(17,18)60-29-25-27-31-62(60)89(70,21)22)79-44-59(43-78(93)80(79)91)92(57-37-33-55(34-38-57)81(3,4)5)58-39-35-56(36-40-58)82(6,7)8/h25-39,41-50,58H,40,51-52H2,1-24H3. The van der Waals surface area contributed by atoms with Gasteiger partial charge in [-0.15, -0.1) is 0 Å². The zero-order valence-corrected chi connectivity index (χ0v) is 61.6. The van der Waals surface area contributed by atoms with Gasteiger partial charge in [0, 0.05) is 67.2 Å². The fraction of sp³-hybridized carbons (Fsp3) is 0.422. The molecular weight excluding hydrogens is 1130 g/mol. The molecule has 0 radical (unpaired) electrons. The number of allylic oxidation sites excluding steroid dienone is 2. The van der Waals surface area contributed by atoms with Crippen LogP contribution in [0.15, 0.2) is 157 Å². The summed E-state index contributed by atoms with van der Waals surface area (Å²) in [6.07, 6.45) is 10.6. The molecule has 0 spiro atoms. The van der Waals surface area contributed by atoms with Crippen molar-refractivity contribution >= 4 is 68.6 Å². The van der Waals surface area contributed by atoms with Crippen molar-refractivity contribution < 1.29 is 0 Å². The highest BCUT2D eigenvalue weighted by Crippen LogP contribution is 2.60. The van der Waals surface area contributed by atoms with Crippen LogP contribution in [-0.2, 0) is 48.7 Å². The summed E-state index contributed by atoms with van der Waals surface area (Å²) in [5.41, 5.74) is 35.8. The van der Waals surface area contributed by atoms with Crippen molar-refractivity contribution in [1.29, 1.82) is 0 Å². The van der Waals surface area contributed by atoms with Crippen LogP contribution in [0.4, 0.5) is 45.5 Å². The average Bonchev–Trinajstić information content (AvgIpc) is 0.877. The Morgan fingerprint density at radius 2 is 0.745 bits per heavy atom. The minimum atomic E-state index is -0.276. The lowest BCUT2D eigenvalue weighted by molar-refractivity contribution is 0.402. The summed E-state index contributed by atoms with van der Waals surface area (Å²) in [6, 6.07) is 55.2. The highest BCUT2D eigenvalue weighted by atomic mass is 15.2. The van der Waals surface area contributed by atoms with E-state index >= 15 is 0 Å². The van der Waals surface area contributed by atoms with E-state index in [-0.39, 0.29) is 66.9 Å². The van der Waals surface area contributed by atoms with Gasteiger partial charge in [-0.25, -0.2) is 0 Å². The normalized spacial score (nSPS) is 21.0. The third kappa shape index (κ3) is 8.87. The lowest BCUT2D eigenvalue weighted by atomic mass is 9.32. The number of anilines is 8. The first-order valence-electron chi connectivity index (χ1n) is 35.6. The highest BCUT2D eigenvalue weighted by molar-refractivity contribution is 7.00. The van der Waals surface area contributed by atoms with Gasteiger partial charge in [-0.05, 0) is 220 Å². The van der Waals surface area contributed by atoms with E-state index in [4.69, 9.17) is 0 Å². The summed E-state index contributed by atoms with van der Waals surface area (Å²) < 4.78 is 0. The zero-order valence-electron chi connectivity index (χ0n) is 61.6. The molecule has 0 N–H and O–H groups in total. The van der Waals surface area contributed by atoms with Crippen LogP contribution < -0.4 is 31.1 Å². The molecule has 94 heavy (non-hydrogen) atoms. The van der Waals surface area contributed by atoms with Gasteiger partial charge in [-0.2, -0.15) is 0 Å². The van der Waals surface area contributed by atoms with E-state index in [2.05, 4.69) is 333 Å². The van der Waals surface area contributed by atoms with Crippen molar-refractivity contribution in [2.24, 2.45) is 5.41 Å². The van der Waals surface area contributed by atoms with E-state index in [1.807, 2.05) is 0 Å². The Labute approximate surface area is 566 Å². The summed E-state index contributed by atoms with van der Waals surface area (Å²) in [7, 11) is 0. The van der Waals surface area contributed by atoms with Crippen LogP contribution in [0.5, 0.6) is 0 Å². The highest BCUT2D eigenvalue weighted by Gasteiger charge is 2.53. The third-order valence-electron chi connectivity index (χ3n) is 25.0. The molecule has 8 aromatic carbocycles. The van der Waals surface area contributed by atoms with Crippen LogP contribution in [0.3, 0.4) is 0 Å². The van der Waals surface area contributed by atoms with Crippen LogP contribution >= 0.6 is 0 Å². The van der Waals surface area contributed by atoms with Gasteiger partial charge in [-0.1, -0.05) is 255 Å². The van der Waals surface area contributed by atoms with Crippen LogP contribution in [0.1, 0.15) is 255 Å². The predicted octanol–water partition coefficient (Wildman–Crippen LogP) is 22.0. The number of rotatable bonds is 5. The molecule has 15 rings (SSSR count). The molecule has 2 aliphatic heterocycles. The Morgan fingerprint density at radius 1 is 0.383 bits per heavy atom. The maximum Gasteiger partial charge on any atom is 0.252 e. The van der Waals surface area contributed by atoms with E-state index in [0.29, 0.717) is 0 Å². The van der Waals surface area contributed by atoms with E-state index in [1.54, 1.807) is 0 Å². The lowest BCUT2D eigenvalue weighted by Gasteiger charge is -2.49. The van der Waals surface area contributed by atoms with Gasteiger partial charge in [0.1, 0.15) is 0 Å². The first-order valence-corrected chi connectivity index (χ1v) is 35.6. The van der Waals surface area contributed by atoms with Crippen molar-refractivity contribution in [2.75, 3.05) is 14.7 Å². The van der Waals surface area contributed by atoms with Gasteiger partial charge >= 0.3 is 0 Å². The molecule has 482 valence electrons. The number of benzene rings is 8. The van der Waals surface area contributed by atoms with E-state index < -0.39 is 0 Å². The minimum absolute atomic E-state index is 0.00363. The van der Waals surface area contributed by atoms with Gasteiger partial charge in [0.05, 0.1) is 6.04 Å². The summed E-state index contributed by atoms with van der Waals surface area (Å²) in [5, 5.41) is 0. The second-order valence-electron chi connectivity index (χ2n) is 37.0. The maximum atomic E-state index is 2.82. The number of hydrogen-bond donors (Lipinski definition) is 0. The molecule has 7 aliphatic rings. The molecule has 0 bridgehead atoms. The molecule has 0 aromatic heterocycles. The molecule has 1 unspecified atom stereocenters. The van der Waals surface area contributed by atoms with Crippen molar-refractivity contribution in [3.8, 4) is 0 Å². The van der Waals surface area contributed by atoms with E-state index in [1.165, 1.54) is 151 Å². The number of nitrogens with zero attached hydrogens (tertiary/aromatic N) is 3. The molecule has 3 nitrogen and oxygen atoms in total. The first kappa shape index (κ1) is 62.8. The fourth-order valence-electron chi connectivity index (χ4n) is 20.2. The van der Waals surface area contributed by atoms with Gasteiger partial charge in [0.25, 0.3) is 6.71 Å². The first-order chi connectivity index (χ1) is 43.7. The number of fused-ring (bicyclic) bond motifs is 10. The van der Waals surface area contributed by atoms with Crippen LogP contribution in [0.2, 0.25) is 0 Å². The largest absolute Gasteiger partial charge is 0.334 e. The monoisotopic (exact) mass is 1240 g/mol. The topological polar surface area (TPSA) is 9.72 Å². The predicted molar refractivity (Wildman–Crippen MR) is 405 cm³/mol. The molecule has 8 aromatic rings. The Bertz CT molecular complexity index is 4640. The molecule has 1 atom stereocenters. The molecule has 2 heterocycles. The third-order valence-corrected chi connectivity index (χ3v) is 25.0. The Hall–Kier alpha value is -7.30. The Balaban J connectivity index is 1.12. The molecule has 4 heteroatoms. The molecular formula is C90H104BN3. The Kier molecular flexibility index (Phi) is 13.2. The van der Waals surface area contributed by atoms with Crippen molar-refractivity contribution in [2.45, 2.75) is 240 Å². The lowest BCUT2D eigenvalue weighted by Crippen LogP contribution is -2.62. The van der Waals surface area contributed by atoms with Gasteiger partial charge in [0.2, 0.25) is 0 Å². The SMILES string of the molecule is Cc1cc2c(cc1N1c3cc4c(cc3B3c5cc6c(cc5N(c5cc7c(cc5C)C(C)(C)c5ccccc5C7(C)C)c5cc(N(c7ccc(C(C)(C)C)cc7)C7C=CC(C(C)(C)C)=CC7)cc1c53)C(C)(C)CC6(C)C)C(C)(C)c1ccccc1C4(C)C)C(C)(C)CC2(C)C. The molecule has 5 aliphatic carbocycles. The summed E-state index contributed by atoms with van der Waals surface area (Å²) >= 11 is 0. The van der Waals surface area contributed by atoms with Crippen LogP contribution in [-0.4, -0.2) is 12.8 Å². The van der Waals surface area contributed by atoms with E-state index in [0.717, 1.165) is 19.3 Å². The smallest absolute Gasteiger partial charge is 0.252 e. The number of hydrogen-bond acceptors (Lipinski definition) is 3. The van der Waals surface area contributed by atoms with Gasteiger partial charge in [-0.3, -0.25) is 0 Å². The van der Waals surface area contributed by atoms with Crippen LogP contribution in [0.25, 0.3) is 0 Å². The summed E-state index contributed by atoms with van der Waals surface area (Å²) in [4.78, 5) is 8.35. The number of aryl methyl sites for hydroxylation is 2. The minimum Gasteiger partial charge on any atom is -0.334 e. The molecule has 0 fully saturated rings. The molecule has 0 saturated heterocycles. The van der Waals surface area contributed by atoms with E-state index in [9.17, 15) is 0 Å². The fourth-order valence-corrected chi connectivity index (χ4v) is 20.2.